The van der Waals surface area contributed by atoms with E-state index in [0.29, 0.717) is 0 Å². The summed E-state index contributed by atoms with van der Waals surface area (Å²) in [6.45, 7) is -0.0759. The third kappa shape index (κ3) is 2.08. The molecule has 0 rings (SSSR count). The monoisotopic (exact) mass is 120 g/mol. The number of rotatable bonds is 3. The van der Waals surface area contributed by atoms with Crippen molar-refractivity contribution in [3.63, 3.8) is 0 Å². The fraction of sp³-hybridized carbons (Fsp3) is 0.500. The average molecular weight is 120 g/mol. The van der Waals surface area contributed by atoms with Crippen LogP contribution in [-0.2, 0) is 9.53 Å². The third-order valence-corrected chi connectivity index (χ3v) is 0.403. The van der Waals surface area contributed by atoms with Gasteiger partial charge in [0.2, 0.25) is 0 Å². The van der Waals surface area contributed by atoms with Crippen LogP contribution in [0.15, 0.2) is 0 Å². The highest BCUT2D eigenvalue weighted by atomic mass is 16.7. The Morgan fingerprint density at radius 2 is 2.38 bits per heavy atom. The molecule has 0 aromatic rings. The number of hydrogen-bond donors (Lipinski definition) is 1. The summed E-state index contributed by atoms with van der Waals surface area (Å²) in [5.41, 5.74) is 4.57. The van der Waals surface area contributed by atoms with E-state index < -0.39 is 11.3 Å². The molecule has 0 saturated heterocycles. The van der Waals surface area contributed by atoms with Crippen molar-refractivity contribution in [2.45, 2.75) is 6.35 Å². The van der Waals surface area contributed by atoms with Crippen LogP contribution < -0.4 is 5.73 Å². The second-order valence-corrected chi connectivity index (χ2v) is 0.908. The Labute approximate surface area is 44.4 Å². The van der Waals surface area contributed by atoms with Crippen molar-refractivity contribution >= 4 is 6.47 Å². The van der Waals surface area contributed by atoms with Crippen LogP contribution >= 0.6 is 0 Å². The van der Waals surface area contributed by atoms with Gasteiger partial charge in [0.1, 0.15) is 0 Å². The Kier molecular flexibility index (Phi) is 2.49. The number of nitro groups is 1. The van der Waals surface area contributed by atoms with Crippen molar-refractivity contribution in [3.8, 4) is 0 Å². The minimum atomic E-state index is -1.73. The summed E-state index contributed by atoms with van der Waals surface area (Å²) in [6, 6.07) is 0. The number of carbonyl (C=O) groups is 1. The van der Waals surface area contributed by atoms with Crippen LogP contribution in [0.3, 0.4) is 0 Å². The van der Waals surface area contributed by atoms with E-state index in [1.165, 1.54) is 0 Å². The van der Waals surface area contributed by atoms with Crippen LogP contribution in [-0.4, -0.2) is 17.7 Å². The normalized spacial score (nSPS) is 12.1. The van der Waals surface area contributed by atoms with Gasteiger partial charge in [-0.3, -0.25) is 14.9 Å². The first-order valence-corrected chi connectivity index (χ1v) is 1.66. The second kappa shape index (κ2) is 2.92. The van der Waals surface area contributed by atoms with Gasteiger partial charge in [-0.15, -0.1) is 0 Å². The van der Waals surface area contributed by atoms with Crippen molar-refractivity contribution in [1.29, 1.82) is 0 Å². The van der Waals surface area contributed by atoms with E-state index in [-0.39, 0.29) is 6.47 Å². The van der Waals surface area contributed by atoms with Crippen molar-refractivity contribution < 1.29 is 14.5 Å². The summed E-state index contributed by atoms with van der Waals surface area (Å²) in [6.07, 6.45) is -1.73. The maximum Gasteiger partial charge on any atom is 0.416 e. The Balaban J connectivity index is 3.46. The highest BCUT2D eigenvalue weighted by Crippen LogP contribution is 1.76. The Bertz CT molecular complexity index is 102. The molecule has 46 valence electrons. The number of hydrogen-bond acceptors (Lipinski definition) is 5. The molecule has 0 aliphatic heterocycles. The molecular formula is C2H4N2O4. The number of nitrogens with two attached hydrogens (primary N) is 1. The Morgan fingerprint density at radius 3 is 2.50 bits per heavy atom. The summed E-state index contributed by atoms with van der Waals surface area (Å²) >= 11 is 0. The van der Waals surface area contributed by atoms with Crippen molar-refractivity contribution in [2.75, 3.05) is 0 Å². The Hall–Kier alpha value is -1.17. The largest absolute Gasteiger partial charge is 0.416 e. The first-order chi connectivity index (χ1) is 3.68. The molecule has 0 radical (unpaired) electrons. The van der Waals surface area contributed by atoms with Gasteiger partial charge < -0.3 is 4.74 Å². The molecule has 0 aliphatic carbocycles. The molecule has 6 nitrogen and oxygen atoms in total. The SMILES string of the molecule is NC(OC=O)[N+](=O)[O-]. The van der Waals surface area contributed by atoms with Crippen molar-refractivity contribution in [3.05, 3.63) is 10.1 Å². The van der Waals surface area contributed by atoms with Gasteiger partial charge in [0.05, 0.1) is 4.92 Å². The second-order valence-electron chi connectivity index (χ2n) is 0.908. The minimum absolute atomic E-state index is 0.0759. The summed E-state index contributed by atoms with van der Waals surface area (Å²) in [5.74, 6) is 0. The maximum atomic E-state index is 9.49. The van der Waals surface area contributed by atoms with Crippen molar-refractivity contribution in [2.24, 2.45) is 5.73 Å². The third-order valence-electron chi connectivity index (χ3n) is 0.403. The highest BCUT2D eigenvalue weighted by Gasteiger charge is 2.11. The first-order valence-electron chi connectivity index (χ1n) is 1.66. The highest BCUT2D eigenvalue weighted by molar-refractivity contribution is 5.36. The number of ether oxygens (including phenoxy) is 1. The maximum absolute atomic E-state index is 9.49. The van der Waals surface area contributed by atoms with E-state index in [1.54, 1.807) is 0 Å². The predicted octanol–water partition coefficient (Wildman–Crippen LogP) is -1.32. The van der Waals surface area contributed by atoms with E-state index in [1.807, 2.05) is 0 Å². The molecule has 0 heterocycles. The lowest BCUT2D eigenvalue weighted by Gasteiger charge is -1.96. The van der Waals surface area contributed by atoms with Crippen LogP contribution in [0.25, 0.3) is 0 Å². The lowest BCUT2D eigenvalue weighted by Crippen LogP contribution is -2.31. The minimum Gasteiger partial charge on any atom is -0.388 e. The van der Waals surface area contributed by atoms with Crippen molar-refractivity contribution in [1.82, 2.24) is 0 Å². The van der Waals surface area contributed by atoms with Crippen LogP contribution in [0.4, 0.5) is 0 Å². The molecule has 0 bridgehead atoms. The Morgan fingerprint density at radius 1 is 1.88 bits per heavy atom. The number of nitrogens with zero attached hydrogens (tertiary/aromatic N) is 1. The zero-order valence-corrected chi connectivity index (χ0v) is 3.81. The molecule has 0 aliphatic rings. The van der Waals surface area contributed by atoms with Crippen LogP contribution in [0, 0.1) is 10.1 Å². The van der Waals surface area contributed by atoms with Gasteiger partial charge in [-0.2, -0.15) is 0 Å². The quantitative estimate of drug-likeness (QED) is 0.215. The lowest BCUT2D eigenvalue weighted by atomic mass is 11.0. The molecule has 0 aromatic carbocycles. The van der Waals surface area contributed by atoms with E-state index in [0.717, 1.165) is 0 Å². The van der Waals surface area contributed by atoms with Gasteiger partial charge >= 0.3 is 6.35 Å². The molecule has 1 atom stereocenters. The van der Waals surface area contributed by atoms with E-state index in [2.05, 4.69) is 10.5 Å². The molecule has 2 N–H and O–H groups in total. The average Bonchev–Trinajstić information content (AvgIpc) is 1.67. The molecule has 8 heavy (non-hydrogen) atoms. The van der Waals surface area contributed by atoms with E-state index >= 15 is 0 Å². The van der Waals surface area contributed by atoms with Gasteiger partial charge in [0.15, 0.2) is 0 Å². The molecule has 0 spiro atoms. The predicted molar refractivity (Wildman–Crippen MR) is 22.1 cm³/mol. The van der Waals surface area contributed by atoms with Gasteiger partial charge in [-0.05, 0) is 0 Å². The standard InChI is InChI=1S/C2H4N2O4/c3-2(4(6)7)8-1-5/h1-2H,3H2. The summed E-state index contributed by atoms with van der Waals surface area (Å²) in [7, 11) is 0. The number of carbonyl (C=O) groups excluding carboxylic acids is 1. The van der Waals surface area contributed by atoms with Gasteiger partial charge in [-0.1, -0.05) is 0 Å². The van der Waals surface area contributed by atoms with E-state index in [4.69, 9.17) is 0 Å². The van der Waals surface area contributed by atoms with Crippen LogP contribution in [0.5, 0.6) is 0 Å². The fourth-order valence-electron chi connectivity index (χ4n) is 0.107. The van der Waals surface area contributed by atoms with Crippen LogP contribution in [0.1, 0.15) is 0 Å². The molecular weight excluding hydrogens is 116 g/mol. The van der Waals surface area contributed by atoms with Gasteiger partial charge in [0.25, 0.3) is 6.47 Å². The summed E-state index contributed by atoms with van der Waals surface area (Å²) < 4.78 is 3.70. The molecule has 0 amide bonds. The summed E-state index contributed by atoms with van der Waals surface area (Å²) in [4.78, 5) is 17.9. The molecule has 6 heteroatoms. The molecule has 0 aromatic heterocycles. The fourth-order valence-corrected chi connectivity index (χ4v) is 0.107. The molecule has 0 fully saturated rings. The van der Waals surface area contributed by atoms with Crippen LogP contribution in [0.2, 0.25) is 0 Å². The topological polar surface area (TPSA) is 95.5 Å². The molecule has 1 unspecified atom stereocenters. The molecule has 0 saturated carbocycles. The zero-order valence-electron chi connectivity index (χ0n) is 3.81. The lowest BCUT2D eigenvalue weighted by molar-refractivity contribution is -0.565. The van der Waals surface area contributed by atoms with E-state index in [9.17, 15) is 14.9 Å². The van der Waals surface area contributed by atoms with Gasteiger partial charge in [0, 0.05) is 0 Å². The zero-order chi connectivity index (χ0) is 6.57. The smallest absolute Gasteiger partial charge is 0.388 e. The first kappa shape index (κ1) is 6.83. The van der Waals surface area contributed by atoms with Gasteiger partial charge in [-0.25, -0.2) is 5.73 Å². The summed E-state index contributed by atoms with van der Waals surface area (Å²) in [5, 5.41) is 9.49.